The lowest BCUT2D eigenvalue weighted by Crippen LogP contribution is -2.00. The average molecular weight is 462 g/mol. The van der Waals surface area contributed by atoms with Crippen LogP contribution >= 0.6 is 55.2 Å². The van der Waals surface area contributed by atoms with E-state index in [4.69, 9.17) is 16.3 Å². The molecule has 2 aromatic rings. The Balaban J connectivity index is 1.81. The van der Waals surface area contributed by atoms with Gasteiger partial charge in [-0.15, -0.1) is 11.8 Å². The normalized spacial score (nSPS) is 14.0. The van der Waals surface area contributed by atoms with Gasteiger partial charge in [0, 0.05) is 28.4 Å². The first-order valence-corrected chi connectivity index (χ1v) is 9.63. The molecular formula is C16H12Br2ClNOS. The average Bonchev–Trinajstić information content (AvgIpc) is 3.02. The Morgan fingerprint density at radius 3 is 2.55 bits per heavy atom. The van der Waals surface area contributed by atoms with Crippen molar-refractivity contribution in [1.82, 2.24) is 0 Å². The minimum atomic E-state index is 0.423. The van der Waals surface area contributed by atoms with E-state index in [1.54, 1.807) is 11.8 Å². The van der Waals surface area contributed by atoms with Gasteiger partial charge in [0.15, 0.2) is 0 Å². The van der Waals surface area contributed by atoms with Crippen molar-refractivity contribution in [3.63, 3.8) is 0 Å². The van der Waals surface area contributed by atoms with E-state index in [1.165, 1.54) is 0 Å². The van der Waals surface area contributed by atoms with E-state index < -0.39 is 0 Å². The van der Waals surface area contributed by atoms with Gasteiger partial charge in [0.05, 0.1) is 14.0 Å². The molecule has 114 valence electrons. The number of aliphatic imine (C=N–C) groups is 1. The third kappa shape index (κ3) is 3.70. The molecule has 6 heteroatoms. The number of rotatable bonds is 4. The molecule has 0 aromatic heterocycles. The van der Waals surface area contributed by atoms with E-state index in [0.717, 1.165) is 43.2 Å². The van der Waals surface area contributed by atoms with Gasteiger partial charge in [0.2, 0.25) is 0 Å². The Hall–Kier alpha value is -0.490. The summed E-state index contributed by atoms with van der Waals surface area (Å²) in [6.45, 7) is 1.31. The molecule has 0 fully saturated rings. The first-order valence-electron chi connectivity index (χ1n) is 6.68. The number of thioether (sulfide) groups is 1. The molecule has 2 aromatic carbocycles. The quantitative estimate of drug-likeness (QED) is 0.562. The zero-order valence-corrected chi connectivity index (χ0v) is 16.2. The standard InChI is InChI=1S/C16H12Br2ClNOS/c17-12-7-11(16-20-5-6-22-16)8-13(18)15(12)21-9-10-3-1-2-4-14(10)19/h1-4,7-8H,5-6,9H2. The van der Waals surface area contributed by atoms with E-state index in [9.17, 15) is 0 Å². The van der Waals surface area contributed by atoms with E-state index in [2.05, 4.69) is 36.9 Å². The number of benzene rings is 2. The van der Waals surface area contributed by atoms with E-state index in [1.807, 2.05) is 36.4 Å². The Bertz CT molecular complexity index is 713. The van der Waals surface area contributed by atoms with Crippen molar-refractivity contribution >= 4 is 60.3 Å². The summed E-state index contributed by atoms with van der Waals surface area (Å²) in [6, 6.07) is 11.8. The van der Waals surface area contributed by atoms with Crippen LogP contribution in [0.25, 0.3) is 0 Å². The fourth-order valence-electron chi connectivity index (χ4n) is 2.10. The Labute approximate surface area is 155 Å². The van der Waals surface area contributed by atoms with Crippen molar-refractivity contribution in [2.75, 3.05) is 12.3 Å². The molecule has 0 radical (unpaired) electrons. The molecule has 3 rings (SSSR count). The second-order valence-electron chi connectivity index (χ2n) is 4.68. The molecule has 1 heterocycles. The summed E-state index contributed by atoms with van der Waals surface area (Å²) in [6.07, 6.45) is 0. The third-order valence-electron chi connectivity index (χ3n) is 3.16. The molecule has 0 saturated heterocycles. The largest absolute Gasteiger partial charge is 0.486 e. The van der Waals surface area contributed by atoms with Crippen LogP contribution in [0.15, 0.2) is 50.3 Å². The van der Waals surface area contributed by atoms with Gasteiger partial charge < -0.3 is 4.74 Å². The Kier molecular flexibility index (Phi) is 5.50. The van der Waals surface area contributed by atoms with Crippen molar-refractivity contribution in [2.24, 2.45) is 4.99 Å². The fourth-order valence-corrected chi connectivity index (χ4v) is 4.55. The summed E-state index contributed by atoms with van der Waals surface area (Å²) < 4.78 is 7.73. The Morgan fingerprint density at radius 1 is 1.18 bits per heavy atom. The van der Waals surface area contributed by atoms with Gasteiger partial charge >= 0.3 is 0 Å². The van der Waals surface area contributed by atoms with Crippen LogP contribution in [0, 0.1) is 0 Å². The van der Waals surface area contributed by atoms with Crippen molar-refractivity contribution < 1.29 is 4.74 Å². The molecule has 22 heavy (non-hydrogen) atoms. The predicted molar refractivity (Wildman–Crippen MR) is 101 cm³/mol. The summed E-state index contributed by atoms with van der Waals surface area (Å²) >= 11 is 15.1. The first-order chi connectivity index (χ1) is 10.6. The highest BCUT2D eigenvalue weighted by atomic mass is 79.9. The maximum absolute atomic E-state index is 6.16. The van der Waals surface area contributed by atoms with Crippen molar-refractivity contribution in [3.8, 4) is 5.75 Å². The van der Waals surface area contributed by atoms with Crippen molar-refractivity contribution in [2.45, 2.75) is 6.61 Å². The highest BCUT2D eigenvalue weighted by Gasteiger charge is 2.15. The molecule has 0 atom stereocenters. The van der Waals surface area contributed by atoms with Gasteiger partial charge in [0.25, 0.3) is 0 Å². The number of hydrogen-bond donors (Lipinski definition) is 0. The molecule has 1 aliphatic heterocycles. The van der Waals surface area contributed by atoms with Crippen LogP contribution in [-0.4, -0.2) is 17.3 Å². The predicted octanol–water partition coefficient (Wildman–Crippen LogP) is 5.94. The van der Waals surface area contributed by atoms with Gasteiger partial charge in [-0.1, -0.05) is 29.8 Å². The highest BCUT2D eigenvalue weighted by molar-refractivity contribution is 9.11. The summed E-state index contributed by atoms with van der Waals surface area (Å²) in [7, 11) is 0. The Morgan fingerprint density at radius 2 is 1.91 bits per heavy atom. The van der Waals surface area contributed by atoms with Crippen LogP contribution in [0.5, 0.6) is 5.75 Å². The molecule has 1 aliphatic rings. The second kappa shape index (κ2) is 7.39. The molecule has 0 unspecified atom stereocenters. The number of ether oxygens (including phenoxy) is 1. The lowest BCUT2D eigenvalue weighted by Gasteiger charge is -2.13. The summed E-state index contributed by atoms with van der Waals surface area (Å²) in [5.74, 6) is 1.82. The molecule has 0 spiro atoms. The topological polar surface area (TPSA) is 21.6 Å². The molecule has 2 nitrogen and oxygen atoms in total. The van der Waals surface area contributed by atoms with E-state index >= 15 is 0 Å². The van der Waals surface area contributed by atoms with Gasteiger partial charge in [0.1, 0.15) is 12.4 Å². The summed E-state index contributed by atoms with van der Waals surface area (Å²) in [5.41, 5.74) is 2.06. The maximum atomic E-state index is 6.16. The molecule has 0 amide bonds. The second-order valence-corrected chi connectivity index (χ2v) is 7.88. The monoisotopic (exact) mass is 459 g/mol. The summed E-state index contributed by atoms with van der Waals surface area (Å²) in [5, 5.41) is 1.79. The van der Waals surface area contributed by atoms with Gasteiger partial charge in [-0.25, -0.2) is 0 Å². The minimum Gasteiger partial charge on any atom is -0.486 e. The lowest BCUT2D eigenvalue weighted by molar-refractivity contribution is 0.302. The number of halogens is 3. The van der Waals surface area contributed by atoms with E-state index in [0.29, 0.717) is 11.6 Å². The number of hydrogen-bond acceptors (Lipinski definition) is 3. The third-order valence-corrected chi connectivity index (χ3v) is 5.73. The molecule has 0 aliphatic carbocycles. The molecular weight excluding hydrogens is 450 g/mol. The van der Waals surface area contributed by atoms with Crippen LogP contribution in [0.2, 0.25) is 5.02 Å². The molecule has 0 saturated carbocycles. The SMILES string of the molecule is Clc1ccccc1COc1c(Br)cc(C2=NCCS2)cc1Br. The van der Waals surface area contributed by atoms with Crippen LogP contribution in [0.4, 0.5) is 0 Å². The van der Waals surface area contributed by atoms with Gasteiger partial charge in [-0.3, -0.25) is 4.99 Å². The highest BCUT2D eigenvalue weighted by Crippen LogP contribution is 2.37. The first kappa shape index (κ1) is 16.4. The maximum Gasteiger partial charge on any atom is 0.148 e. The van der Waals surface area contributed by atoms with Crippen molar-refractivity contribution in [3.05, 3.63) is 61.5 Å². The van der Waals surface area contributed by atoms with Crippen molar-refractivity contribution in [1.29, 1.82) is 0 Å². The zero-order chi connectivity index (χ0) is 15.5. The molecule has 0 bridgehead atoms. The van der Waals surface area contributed by atoms with Gasteiger partial charge in [-0.05, 0) is 50.1 Å². The van der Waals surface area contributed by atoms with Crippen LogP contribution in [0.3, 0.4) is 0 Å². The minimum absolute atomic E-state index is 0.423. The summed E-state index contributed by atoms with van der Waals surface area (Å²) in [4.78, 5) is 4.50. The van der Waals surface area contributed by atoms with E-state index in [-0.39, 0.29) is 0 Å². The van der Waals surface area contributed by atoms with Crippen LogP contribution in [0.1, 0.15) is 11.1 Å². The molecule has 0 N–H and O–H groups in total. The van der Waals surface area contributed by atoms with Crippen LogP contribution in [-0.2, 0) is 6.61 Å². The van der Waals surface area contributed by atoms with Crippen LogP contribution < -0.4 is 4.74 Å². The smallest absolute Gasteiger partial charge is 0.148 e. The fraction of sp³-hybridized carbons (Fsp3) is 0.188. The lowest BCUT2D eigenvalue weighted by atomic mass is 10.2. The number of nitrogens with zero attached hydrogens (tertiary/aromatic N) is 1. The van der Waals surface area contributed by atoms with Gasteiger partial charge in [-0.2, -0.15) is 0 Å². The zero-order valence-electron chi connectivity index (χ0n) is 11.5.